The van der Waals surface area contributed by atoms with Gasteiger partial charge in [-0.25, -0.2) is 4.79 Å². The van der Waals surface area contributed by atoms with Gasteiger partial charge in [0.15, 0.2) is 0 Å². The number of rotatable bonds is 16. The summed E-state index contributed by atoms with van der Waals surface area (Å²) in [4.78, 5) is 20.3. The predicted molar refractivity (Wildman–Crippen MR) is 107 cm³/mol. The van der Waals surface area contributed by atoms with Crippen LogP contribution in [0.1, 0.15) is 20.8 Å². The number of carbonyl (C=O) groups is 1. The van der Waals surface area contributed by atoms with E-state index in [9.17, 15) is 4.79 Å². The van der Waals surface area contributed by atoms with Crippen LogP contribution in [0.4, 0.5) is 4.79 Å². The van der Waals surface area contributed by atoms with Crippen molar-refractivity contribution in [2.24, 2.45) is 15.3 Å². The molecule has 0 aliphatic carbocycles. The number of hydrogen-bond acceptors (Lipinski definition) is 8. The molecule has 0 spiro atoms. The fraction of sp³-hybridized carbons (Fsp3) is 0.933. The fourth-order valence-corrected chi connectivity index (χ4v) is 2.01. The van der Waals surface area contributed by atoms with E-state index in [2.05, 4.69) is 35.4 Å². The van der Waals surface area contributed by atoms with E-state index in [0.29, 0.717) is 0 Å². The molecule has 0 aliphatic heterocycles. The Morgan fingerprint density at radius 3 is 1.47 bits per heavy atom. The molecule has 0 fully saturated rings. The minimum Gasteiger partial charge on any atom is -0.444 e. The van der Waals surface area contributed by atoms with Crippen LogP contribution in [0.2, 0.25) is 0 Å². The van der Waals surface area contributed by atoms with Crippen molar-refractivity contribution in [2.75, 3.05) is 59.3 Å². The van der Waals surface area contributed by atoms with Gasteiger partial charge in [-0.3, -0.25) is 0 Å². The molecule has 168 valence electrons. The van der Waals surface area contributed by atoms with Crippen molar-refractivity contribution in [3.63, 3.8) is 0 Å². The molecule has 15 nitrogen and oxygen atoms in total. The van der Waals surface area contributed by atoms with Gasteiger partial charge in [-0.15, -0.1) is 0 Å². The Balaban J connectivity index is 5.25. The Labute approximate surface area is 173 Å². The van der Waals surface area contributed by atoms with Gasteiger partial charge in [0, 0.05) is 34.4 Å². The molecule has 0 radical (unpaired) electrons. The SMILES string of the molecule is CC(C)(C)OC(=O)NC(COCCN=[N+]=[N-])(COCCN=[N+]=[N-])COCCN=[N+]=[N-]. The molecule has 0 rings (SSSR count). The molecule has 1 N–H and O–H groups in total. The average molecular weight is 428 g/mol. The minimum atomic E-state index is -1.16. The van der Waals surface area contributed by atoms with Crippen molar-refractivity contribution in [1.29, 1.82) is 0 Å². The van der Waals surface area contributed by atoms with Crippen LogP contribution in [-0.2, 0) is 18.9 Å². The average Bonchev–Trinajstić information content (AvgIpc) is 2.66. The highest BCUT2D eigenvalue weighted by molar-refractivity contribution is 5.68. The molecule has 0 aliphatic rings. The van der Waals surface area contributed by atoms with Gasteiger partial charge in [0.25, 0.3) is 0 Å². The first-order chi connectivity index (χ1) is 14.3. The van der Waals surface area contributed by atoms with E-state index >= 15 is 0 Å². The van der Waals surface area contributed by atoms with Gasteiger partial charge in [0.2, 0.25) is 0 Å². The van der Waals surface area contributed by atoms with Crippen molar-refractivity contribution in [3.05, 3.63) is 31.3 Å². The van der Waals surface area contributed by atoms with Gasteiger partial charge in [-0.05, 0) is 37.4 Å². The van der Waals surface area contributed by atoms with Crippen molar-refractivity contribution >= 4 is 6.09 Å². The Kier molecular flexibility index (Phi) is 14.4. The smallest absolute Gasteiger partial charge is 0.408 e. The first-order valence-corrected chi connectivity index (χ1v) is 9.05. The highest BCUT2D eigenvalue weighted by atomic mass is 16.6. The summed E-state index contributed by atoms with van der Waals surface area (Å²) in [6.45, 7) is 5.67. The lowest BCUT2D eigenvalue weighted by atomic mass is 10.0. The quantitative estimate of drug-likeness (QED) is 0.169. The maximum Gasteiger partial charge on any atom is 0.408 e. The van der Waals surface area contributed by atoms with Gasteiger partial charge < -0.3 is 24.3 Å². The van der Waals surface area contributed by atoms with E-state index in [-0.39, 0.29) is 59.3 Å². The Bertz CT molecular complexity index is 584. The second-order valence-electron chi connectivity index (χ2n) is 6.93. The van der Waals surface area contributed by atoms with E-state index in [1.54, 1.807) is 20.8 Å². The molecule has 0 aromatic heterocycles. The number of ether oxygens (including phenoxy) is 4. The highest BCUT2D eigenvalue weighted by Gasteiger charge is 2.35. The maximum absolute atomic E-state index is 12.4. The molecule has 0 aromatic carbocycles. The van der Waals surface area contributed by atoms with Crippen LogP contribution < -0.4 is 5.32 Å². The monoisotopic (exact) mass is 428 g/mol. The summed E-state index contributed by atoms with van der Waals surface area (Å²) >= 11 is 0. The molecule has 15 heteroatoms. The first kappa shape index (κ1) is 27.1. The summed E-state index contributed by atoms with van der Waals surface area (Å²) < 4.78 is 21.9. The number of amides is 1. The molecule has 0 bridgehead atoms. The van der Waals surface area contributed by atoms with Gasteiger partial charge in [-0.2, -0.15) is 0 Å². The van der Waals surface area contributed by atoms with E-state index in [4.69, 9.17) is 35.5 Å². The Hall–Kier alpha value is -2.92. The number of nitrogens with one attached hydrogen (secondary N) is 1. The summed E-state index contributed by atoms with van der Waals surface area (Å²) in [5.74, 6) is 0. The Morgan fingerprint density at radius 2 is 1.17 bits per heavy atom. The minimum absolute atomic E-state index is 0.0454. The number of hydrogen-bond donors (Lipinski definition) is 1. The zero-order valence-electron chi connectivity index (χ0n) is 17.4. The molecule has 0 saturated heterocycles. The van der Waals surface area contributed by atoms with E-state index < -0.39 is 17.2 Å². The molecular formula is C15H28N10O5. The van der Waals surface area contributed by atoms with Crippen molar-refractivity contribution in [3.8, 4) is 0 Å². The topological polar surface area (TPSA) is 212 Å². The van der Waals surface area contributed by atoms with Crippen molar-refractivity contribution in [1.82, 2.24) is 5.32 Å². The third-order valence-corrected chi connectivity index (χ3v) is 3.10. The number of nitrogens with zero attached hydrogens (tertiary/aromatic N) is 9. The fourth-order valence-electron chi connectivity index (χ4n) is 2.01. The van der Waals surface area contributed by atoms with Crippen LogP contribution >= 0.6 is 0 Å². The van der Waals surface area contributed by atoms with Crippen LogP contribution in [0, 0.1) is 0 Å². The number of alkyl carbamates (subject to hydrolysis) is 1. The van der Waals surface area contributed by atoms with Gasteiger partial charge in [0.05, 0.1) is 39.6 Å². The molecule has 0 saturated carbocycles. The van der Waals surface area contributed by atoms with E-state index in [0.717, 1.165) is 0 Å². The molecule has 0 unspecified atom stereocenters. The lowest BCUT2D eigenvalue weighted by Gasteiger charge is -2.34. The van der Waals surface area contributed by atoms with Crippen LogP contribution in [0.5, 0.6) is 0 Å². The predicted octanol–water partition coefficient (Wildman–Crippen LogP) is 3.23. The Morgan fingerprint density at radius 1 is 0.800 bits per heavy atom. The second-order valence-corrected chi connectivity index (χ2v) is 6.93. The van der Waals surface area contributed by atoms with Crippen molar-refractivity contribution in [2.45, 2.75) is 31.9 Å². The maximum atomic E-state index is 12.4. The summed E-state index contributed by atoms with van der Waals surface area (Å²) in [5.41, 5.74) is 23.1. The summed E-state index contributed by atoms with van der Waals surface area (Å²) in [6, 6.07) is 0. The zero-order chi connectivity index (χ0) is 22.7. The van der Waals surface area contributed by atoms with E-state index in [1.165, 1.54) is 0 Å². The van der Waals surface area contributed by atoms with Gasteiger partial charge in [0.1, 0.15) is 11.1 Å². The van der Waals surface area contributed by atoms with Gasteiger partial charge in [-0.1, -0.05) is 15.3 Å². The summed E-state index contributed by atoms with van der Waals surface area (Å²) in [7, 11) is 0. The van der Waals surface area contributed by atoms with E-state index in [1.807, 2.05) is 0 Å². The molecule has 0 atom stereocenters. The zero-order valence-corrected chi connectivity index (χ0v) is 17.4. The number of azide groups is 3. The standard InChI is InChI=1S/C15H28N10O5/c1-14(2,3)30-13(26)22-15(10-27-7-4-19-23-16,11-28-8-5-20-24-17)12-29-9-6-21-25-18/h4-12H2,1-3H3,(H,22,26). The lowest BCUT2D eigenvalue weighted by molar-refractivity contribution is -0.0408. The van der Waals surface area contributed by atoms with Crippen molar-refractivity contribution < 1.29 is 23.7 Å². The molecular weight excluding hydrogens is 400 g/mol. The molecule has 0 aromatic rings. The van der Waals surface area contributed by atoms with Crippen LogP contribution in [0.15, 0.2) is 15.3 Å². The first-order valence-electron chi connectivity index (χ1n) is 9.05. The van der Waals surface area contributed by atoms with Crippen LogP contribution in [0.3, 0.4) is 0 Å². The largest absolute Gasteiger partial charge is 0.444 e. The molecule has 0 heterocycles. The number of carbonyl (C=O) groups excluding carboxylic acids is 1. The molecule has 30 heavy (non-hydrogen) atoms. The lowest BCUT2D eigenvalue weighted by Crippen LogP contribution is -2.59. The second kappa shape index (κ2) is 15.9. The van der Waals surface area contributed by atoms with Crippen LogP contribution in [0.25, 0.3) is 31.3 Å². The third kappa shape index (κ3) is 15.1. The normalized spacial score (nSPS) is 12.5. The molecule has 1 amide bonds. The highest BCUT2D eigenvalue weighted by Crippen LogP contribution is 2.13. The summed E-state index contributed by atoms with van der Waals surface area (Å²) in [5, 5.41) is 12.9. The van der Waals surface area contributed by atoms with Gasteiger partial charge >= 0.3 is 6.09 Å². The third-order valence-electron chi connectivity index (χ3n) is 3.10. The summed E-state index contributed by atoms with van der Waals surface area (Å²) in [6.07, 6.45) is -0.710. The van der Waals surface area contributed by atoms with Crippen LogP contribution in [-0.4, -0.2) is 76.5 Å².